The van der Waals surface area contributed by atoms with Crippen molar-refractivity contribution in [2.75, 3.05) is 12.4 Å². The van der Waals surface area contributed by atoms with Crippen LogP contribution in [0.15, 0.2) is 53.7 Å². The van der Waals surface area contributed by atoms with Gasteiger partial charge in [0.2, 0.25) is 0 Å². The van der Waals surface area contributed by atoms with E-state index in [9.17, 15) is 9.00 Å². The third kappa shape index (κ3) is 5.69. The van der Waals surface area contributed by atoms with E-state index in [0.717, 1.165) is 18.6 Å². The molecule has 0 saturated heterocycles. The number of aromatic nitrogens is 2. The largest absolute Gasteiger partial charge is 0.497 e. The summed E-state index contributed by atoms with van der Waals surface area (Å²) in [5, 5.41) is 3.11. The molecule has 3 N–H and O–H groups in total. The monoisotopic (exact) mass is 515 g/mol. The van der Waals surface area contributed by atoms with Crippen molar-refractivity contribution in [3.05, 3.63) is 70.8 Å². The maximum atomic E-state index is 13.5. The van der Waals surface area contributed by atoms with Crippen molar-refractivity contribution in [1.82, 2.24) is 14.3 Å². The molecule has 2 aromatic heterocycles. The highest BCUT2D eigenvalue weighted by Crippen LogP contribution is 2.31. The van der Waals surface area contributed by atoms with E-state index in [1.54, 1.807) is 37.1 Å². The molecule has 1 unspecified atom stereocenters. The number of pyridine rings is 1. The molecule has 1 aliphatic heterocycles. The first kappa shape index (κ1) is 25.2. The summed E-state index contributed by atoms with van der Waals surface area (Å²) in [6.07, 6.45) is 6.14. The molecule has 1 aromatic carbocycles. The van der Waals surface area contributed by atoms with Crippen molar-refractivity contribution in [3.63, 3.8) is 0 Å². The summed E-state index contributed by atoms with van der Waals surface area (Å²) in [7, 11) is 0.0996. The summed E-state index contributed by atoms with van der Waals surface area (Å²) in [4.78, 5) is 17.5. The number of nitrogens with zero attached hydrogens (tertiary/aromatic N) is 2. The molecule has 186 valence electrons. The van der Waals surface area contributed by atoms with Gasteiger partial charge in [0.15, 0.2) is 0 Å². The van der Waals surface area contributed by atoms with Gasteiger partial charge in [0.1, 0.15) is 26.5 Å². The van der Waals surface area contributed by atoms with E-state index in [-0.39, 0.29) is 23.0 Å². The smallest absolute Gasteiger partial charge is 0.272 e. The molecule has 10 heteroatoms. The summed E-state index contributed by atoms with van der Waals surface area (Å²) in [6.45, 7) is 2.12. The fourth-order valence-corrected chi connectivity index (χ4v) is 6.46. The molecule has 0 fully saturated rings. The highest BCUT2D eigenvalue weighted by atomic mass is 35.5. The minimum atomic E-state index is -3.28. The average molecular weight is 516 g/mol. The molecular formula is C25H30ClN5O3S. The maximum Gasteiger partial charge on any atom is 0.272 e. The first-order valence-electron chi connectivity index (χ1n) is 11.5. The van der Waals surface area contributed by atoms with Gasteiger partial charge >= 0.3 is 0 Å². The summed E-state index contributed by atoms with van der Waals surface area (Å²) in [5.74, 6) is 0.681. The molecule has 35 heavy (non-hydrogen) atoms. The van der Waals surface area contributed by atoms with Gasteiger partial charge in [0.25, 0.3) is 5.91 Å². The van der Waals surface area contributed by atoms with Crippen LogP contribution in [0.5, 0.6) is 5.75 Å². The van der Waals surface area contributed by atoms with E-state index in [4.69, 9.17) is 21.1 Å². The van der Waals surface area contributed by atoms with Crippen molar-refractivity contribution in [2.45, 2.75) is 43.5 Å². The van der Waals surface area contributed by atoms with Crippen LogP contribution in [0.4, 0.5) is 5.69 Å². The van der Waals surface area contributed by atoms with Crippen LogP contribution in [0.25, 0.3) is 0 Å². The van der Waals surface area contributed by atoms with Gasteiger partial charge in [-0.15, -0.1) is 0 Å². The molecular weight excluding hydrogens is 486 g/mol. The number of rotatable bonds is 7. The highest BCUT2D eigenvalue weighted by Gasteiger charge is 2.32. The van der Waals surface area contributed by atoms with E-state index in [2.05, 4.69) is 34.1 Å². The molecule has 0 radical (unpaired) electrons. The predicted octanol–water partition coefficient (Wildman–Crippen LogP) is 4.83. The summed E-state index contributed by atoms with van der Waals surface area (Å²) in [6, 6.07) is 11.1. The molecule has 3 atom stereocenters. The molecule has 0 aliphatic carbocycles. The van der Waals surface area contributed by atoms with Crippen LogP contribution in [0.2, 0.25) is 5.15 Å². The van der Waals surface area contributed by atoms with E-state index in [0.29, 0.717) is 34.7 Å². The number of carbonyl (C=O) groups is 1. The number of fused-ring (bicyclic) bond motifs is 1. The second-order valence-corrected chi connectivity index (χ2v) is 11.1. The zero-order valence-electron chi connectivity index (χ0n) is 20.0. The Kier molecular flexibility index (Phi) is 7.49. The number of halogens is 1. The fourth-order valence-electron chi connectivity index (χ4n) is 4.53. The lowest BCUT2D eigenvalue weighted by Crippen LogP contribution is -2.37. The number of hydrogen-bond donors (Lipinski definition) is 3. The third-order valence-electron chi connectivity index (χ3n) is 6.51. The molecule has 0 spiro atoms. The van der Waals surface area contributed by atoms with E-state index in [1.165, 1.54) is 11.8 Å². The topological polar surface area (TPSA) is 109 Å². The maximum absolute atomic E-state index is 13.5. The Balaban J connectivity index is 1.50. The van der Waals surface area contributed by atoms with Gasteiger partial charge in [-0.25, -0.2) is 18.7 Å². The Morgan fingerprint density at radius 3 is 2.80 bits per heavy atom. The van der Waals surface area contributed by atoms with Crippen molar-refractivity contribution < 1.29 is 13.7 Å². The molecule has 8 nitrogen and oxygen atoms in total. The Bertz CT molecular complexity index is 1320. The summed E-state index contributed by atoms with van der Waals surface area (Å²) < 4.78 is 32.1. The van der Waals surface area contributed by atoms with Crippen LogP contribution in [0, 0.1) is 10.7 Å². The first-order chi connectivity index (χ1) is 16.7. The number of carbonyl (C=O) groups excluding carboxylic acids is 1. The van der Waals surface area contributed by atoms with Crippen molar-refractivity contribution in [2.24, 2.45) is 13.0 Å². The second-order valence-electron chi connectivity index (χ2n) is 8.94. The van der Waals surface area contributed by atoms with Crippen LogP contribution < -0.4 is 14.8 Å². The lowest BCUT2D eigenvalue weighted by molar-refractivity contribution is 0.101. The standard InChI is InChI=1S/C25H30ClN5O3S/c1-16(4-5-17-6-8-19(34-3)9-7-17)21-11-10-20-22(35(27,33)30-21)15-31(2)24(20)25(32)29-18-12-13-28-23(26)14-18/h6-9,12-16,21H,4-5,10-11H2,1-3H3,(H2,27,30,33)(H,28,29,32)/t16-,21+,35?/m0/s1. The number of amides is 1. The number of nitrogens with one attached hydrogen (secondary N) is 3. The molecule has 0 saturated carbocycles. The Morgan fingerprint density at radius 2 is 2.11 bits per heavy atom. The zero-order valence-corrected chi connectivity index (χ0v) is 21.6. The third-order valence-corrected chi connectivity index (χ3v) is 8.33. The van der Waals surface area contributed by atoms with Gasteiger partial charge in [-0.1, -0.05) is 30.7 Å². The zero-order chi connectivity index (χ0) is 25.2. The van der Waals surface area contributed by atoms with Gasteiger partial charge in [-0.05, 0) is 61.4 Å². The second kappa shape index (κ2) is 10.4. The lowest BCUT2D eigenvalue weighted by atomic mass is 9.91. The van der Waals surface area contributed by atoms with Crippen LogP contribution in [0.3, 0.4) is 0 Å². The van der Waals surface area contributed by atoms with Gasteiger partial charge in [-0.3, -0.25) is 4.79 Å². The average Bonchev–Trinajstić information content (AvgIpc) is 3.11. The molecule has 1 amide bonds. The Labute approximate surface area is 211 Å². The normalized spacial score (nSPS) is 20.5. The Hall–Kier alpha value is -2.88. The molecule has 3 aromatic rings. The van der Waals surface area contributed by atoms with Crippen LogP contribution in [0.1, 0.15) is 41.4 Å². The van der Waals surface area contributed by atoms with Gasteiger partial charge < -0.3 is 14.6 Å². The molecule has 0 bridgehead atoms. The van der Waals surface area contributed by atoms with Gasteiger partial charge in [-0.2, -0.15) is 0 Å². The number of methoxy groups -OCH3 is 1. The quantitative estimate of drug-likeness (QED) is 0.391. The van der Waals surface area contributed by atoms with Gasteiger partial charge in [0, 0.05) is 36.7 Å². The SMILES string of the molecule is COc1ccc(CC[C@H](C)[C@H]2CCc3c(cn(C)c3C(=O)Nc3ccnc(Cl)c3)S(=N)(=O)N2)cc1. The predicted molar refractivity (Wildman–Crippen MR) is 137 cm³/mol. The fraction of sp³-hybridized carbons (Fsp3) is 0.360. The number of anilines is 1. The van der Waals surface area contributed by atoms with Gasteiger partial charge in [0.05, 0.1) is 12.0 Å². The number of ether oxygens (including phenoxy) is 1. The molecule has 1 aliphatic rings. The van der Waals surface area contributed by atoms with Crippen LogP contribution in [-0.4, -0.2) is 32.8 Å². The highest BCUT2D eigenvalue weighted by molar-refractivity contribution is 7.90. The minimum Gasteiger partial charge on any atom is -0.497 e. The van der Waals surface area contributed by atoms with E-state index in [1.807, 2.05) is 12.1 Å². The van der Waals surface area contributed by atoms with Crippen LogP contribution in [-0.2, 0) is 29.8 Å². The Morgan fingerprint density at radius 1 is 1.37 bits per heavy atom. The molecule has 4 rings (SSSR count). The van der Waals surface area contributed by atoms with E-state index >= 15 is 0 Å². The number of aryl methyl sites for hydroxylation is 2. The number of benzene rings is 1. The molecule has 3 heterocycles. The van der Waals surface area contributed by atoms with Crippen molar-refractivity contribution in [1.29, 1.82) is 4.78 Å². The van der Waals surface area contributed by atoms with Crippen molar-refractivity contribution >= 4 is 33.1 Å². The van der Waals surface area contributed by atoms with E-state index < -0.39 is 9.92 Å². The van der Waals surface area contributed by atoms with Crippen LogP contribution >= 0.6 is 11.6 Å². The summed E-state index contributed by atoms with van der Waals surface area (Å²) in [5.41, 5.74) is 2.79. The summed E-state index contributed by atoms with van der Waals surface area (Å²) >= 11 is 5.94. The number of hydrogen-bond acceptors (Lipinski definition) is 5. The lowest BCUT2D eigenvalue weighted by Gasteiger charge is -2.24. The first-order valence-corrected chi connectivity index (χ1v) is 13.4. The minimum absolute atomic E-state index is 0.106. The van der Waals surface area contributed by atoms with Crippen molar-refractivity contribution in [3.8, 4) is 5.75 Å².